The summed E-state index contributed by atoms with van der Waals surface area (Å²) in [7, 11) is 0. The van der Waals surface area contributed by atoms with E-state index in [0.29, 0.717) is 25.3 Å². The standard InChI is InChI=1S/C16H22N4O2/c1-13-5-2-3-6-14(13)22-10-9-20-8-4-7-16(21,12-20)15-11-17-19-18-15/h2-3,5-6,11,21H,4,7-10,12H2,1H3,(H,17,18,19)/t16-/m0/s1. The van der Waals surface area contributed by atoms with Gasteiger partial charge in [-0.25, -0.2) is 0 Å². The van der Waals surface area contributed by atoms with Crippen molar-refractivity contribution in [2.75, 3.05) is 26.2 Å². The highest BCUT2D eigenvalue weighted by atomic mass is 16.5. The van der Waals surface area contributed by atoms with E-state index in [1.54, 1.807) is 6.20 Å². The fraction of sp³-hybridized carbons (Fsp3) is 0.500. The number of nitrogens with zero attached hydrogens (tertiary/aromatic N) is 3. The lowest BCUT2D eigenvalue weighted by molar-refractivity contribution is -0.0412. The quantitative estimate of drug-likeness (QED) is 0.875. The van der Waals surface area contributed by atoms with E-state index in [1.807, 2.05) is 31.2 Å². The van der Waals surface area contributed by atoms with Crippen LogP contribution < -0.4 is 4.74 Å². The normalized spacial score (nSPS) is 22.6. The molecule has 3 rings (SSSR count). The molecular formula is C16H22N4O2. The van der Waals surface area contributed by atoms with Crippen LogP contribution in [0.1, 0.15) is 24.1 Å². The summed E-state index contributed by atoms with van der Waals surface area (Å²) in [6, 6.07) is 8.01. The van der Waals surface area contributed by atoms with Crippen LogP contribution in [-0.4, -0.2) is 51.7 Å². The number of rotatable bonds is 5. The highest BCUT2D eigenvalue weighted by molar-refractivity contribution is 5.31. The molecule has 1 aromatic carbocycles. The summed E-state index contributed by atoms with van der Waals surface area (Å²) in [5, 5.41) is 21.2. The molecule has 6 heteroatoms. The molecule has 0 radical (unpaired) electrons. The number of hydrogen-bond donors (Lipinski definition) is 2. The van der Waals surface area contributed by atoms with Gasteiger partial charge in [-0.3, -0.25) is 4.90 Å². The molecule has 0 spiro atoms. The topological polar surface area (TPSA) is 74.3 Å². The van der Waals surface area contributed by atoms with Gasteiger partial charge in [0.2, 0.25) is 0 Å². The third-order valence-corrected chi connectivity index (χ3v) is 4.20. The van der Waals surface area contributed by atoms with Gasteiger partial charge in [0.05, 0.1) is 6.20 Å². The number of piperidine rings is 1. The van der Waals surface area contributed by atoms with Crippen LogP contribution in [0, 0.1) is 6.92 Å². The first-order valence-electron chi connectivity index (χ1n) is 7.67. The first-order chi connectivity index (χ1) is 10.7. The van der Waals surface area contributed by atoms with E-state index in [1.165, 1.54) is 0 Å². The molecule has 0 amide bonds. The second-order valence-electron chi connectivity index (χ2n) is 5.88. The van der Waals surface area contributed by atoms with Crippen molar-refractivity contribution >= 4 is 0 Å². The van der Waals surface area contributed by atoms with Crippen LogP contribution in [0.3, 0.4) is 0 Å². The first-order valence-corrected chi connectivity index (χ1v) is 7.67. The minimum Gasteiger partial charge on any atom is -0.492 e. The Morgan fingerprint density at radius 2 is 2.27 bits per heavy atom. The number of aromatic nitrogens is 3. The Morgan fingerprint density at radius 3 is 3.05 bits per heavy atom. The molecule has 6 nitrogen and oxygen atoms in total. The maximum absolute atomic E-state index is 10.8. The number of β-amino-alcohol motifs (C(OH)–C–C–N with tert-alkyl or cyclic N) is 1. The van der Waals surface area contributed by atoms with Crippen molar-refractivity contribution in [3.8, 4) is 5.75 Å². The molecule has 1 aromatic heterocycles. The zero-order valence-electron chi connectivity index (χ0n) is 12.8. The average Bonchev–Trinajstić information content (AvgIpc) is 3.05. The van der Waals surface area contributed by atoms with Crippen LogP contribution in [0.4, 0.5) is 0 Å². The Labute approximate surface area is 130 Å². The maximum atomic E-state index is 10.8. The Balaban J connectivity index is 1.54. The van der Waals surface area contributed by atoms with E-state index in [4.69, 9.17) is 4.74 Å². The molecule has 0 unspecified atom stereocenters. The molecule has 2 heterocycles. The van der Waals surface area contributed by atoms with Gasteiger partial charge in [0.25, 0.3) is 0 Å². The third kappa shape index (κ3) is 3.28. The largest absolute Gasteiger partial charge is 0.492 e. The number of benzene rings is 1. The molecular weight excluding hydrogens is 280 g/mol. The van der Waals surface area contributed by atoms with Gasteiger partial charge >= 0.3 is 0 Å². The molecule has 0 bridgehead atoms. The van der Waals surface area contributed by atoms with E-state index >= 15 is 0 Å². The van der Waals surface area contributed by atoms with E-state index in [0.717, 1.165) is 30.8 Å². The van der Waals surface area contributed by atoms with Crippen LogP contribution >= 0.6 is 0 Å². The predicted octanol–water partition coefficient (Wildman–Crippen LogP) is 1.48. The summed E-state index contributed by atoms with van der Waals surface area (Å²) in [5.74, 6) is 0.922. The smallest absolute Gasteiger partial charge is 0.123 e. The van der Waals surface area contributed by atoms with Gasteiger partial charge in [-0.1, -0.05) is 18.2 Å². The minimum absolute atomic E-state index is 0.566. The number of para-hydroxylation sites is 1. The molecule has 1 atom stereocenters. The number of aliphatic hydroxyl groups is 1. The molecule has 118 valence electrons. The number of hydrogen-bond acceptors (Lipinski definition) is 5. The van der Waals surface area contributed by atoms with Crippen molar-refractivity contribution < 1.29 is 9.84 Å². The minimum atomic E-state index is -0.909. The Hall–Kier alpha value is -1.92. The molecule has 0 saturated carbocycles. The van der Waals surface area contributed by atoms with Gasteiger partial charge in [0.1, 0.15) is 23.7 Å². The summed E-state index contributed by atoms with van der Waals surface area (Å²) in [6.07, 6.45) is 3.26. The van der Waals surface area contributed by atoms with Crippen molar-refractivity contribution in [2.45, 2.75) is 25.4 Å². The summed E-state index contributed by atoms with van der Waals surface area (Å²) >= 11 is 0. The van der Waals surface area contributed by atoms with Crippen LogP contribution in [0.5, 0.6) is 5.75 Å². The van der Waals surface area contributed by atoms with Crippen molar-refractivity contribution in [2.24, 2.45) is 0 Å². The van der Waals surface area contributed by atoms with Crippen molar-refractivity contribution in [1.29, 1.82) is 0 Å². The molecule has 22 heavy (non-hydrogen) atoms. The first kappa shape index (κ1) is 15.0. The molecule has 2 N–H and O–H groups in total. The number of aromatic amines is 1. The van der Waals surface area contributed by atoms with Crippen LogP contribution in [0.25, 0.3) is 0 Å². The lowest BCUT2D eigenvalue weighted by Gasteiger charge is -2.37. The van der Waals surface area contributed by atoms with Gasteiger partial charge in [-0.2, -0.15) is 15.4 Å². The molecule has 1 aliphatic rings. The summed E-state index contributed by atoms with van der Waals surface area (Å²) in [4.78, 5) is 2.22. The second-order valence-corrected chi connectivity index (χ2v) is 5.88. The molecule has 1 aliphatic heterocycles. The fourth-order valence-corrected chi connectivity index (χ4v) is 2.95. The van der Waals surface area contributed by atoms with Crippen LogP contribution in [-0.2, 0) is 5.60 Å². The van der Waals surface area contributed by atoms with E-state index < -0.39 is 5.60 Å². The lowest BCUT2D eigenvalue weighted by Crippen LogP contribution is -2.47. The SMILES string of the molecule is Cc1ccccc1OCCN1CCC[C@@](O)(c2cn[nH]n2)C1. The summed E-state index contributed by atoms with van der Waals surface area (Å²) in [5.41, 5.74) is 0.853. The fourth-order valence-electron chi connectivity index (χ4n) is 2.95. The number of nitrogens with one attached hydrogen (secondary N) is 1. The van der Waals surface area contributed by atoms with Crippen molar-refractivity contribution in [3.05, 3.63) is 41.7 Å². The Kier molecular flexibility index (Phi) is 4.40. The van der Waals surface area contributed by atoms with Gasteiger partial charge in [0.15, 0.2) is 0 Å². The molecule has 0 aliphatic carbocycles. The summed E-state index contributed by atoms with van der Waals surface area (Å²) in [6.45, 7) is 4.97. The number of aryl methyl sites for hydroxylation is 1. The third-order valence-electron chi connectivity index (χ3n) is 4.20. The van der Waals surface area contributed by atoms with Crippen LogP contribution in [0.15, 0.2) is 30.5 Å². The number of H-pyrrole nitrogens is 1. The summed E-state index contributed by atoms with van der Waals surface area (Å²) < 4.78 is 5.84. The van der Waals surface area contributed by atoms with Gasteiger partial charge in [0, 0.05) is 13.1 Å². The molecule has 2 aromatic rings. The van der Waals surface area contributed by atoms with Crippen molar-refractivity contribution in [3.63, 3.8) is 0 Å². The molecule has 1 fully saturated rings. The molecule has 1 saturated heterocycles. The zero-order valence-corrected chi connectivity index (χ0v) is 12.8. The highest BCUT2D eigenvalue weighted by Gasteiger charge is 2.36. The average molecular weight is 302 g/mol. The van der Waals surface area contributed by atoms with E-state index in [-0.39, 0.29) is 0 Å². The monoisotopic (exact) mass is 302 g/mol. The highest BCUT2D eigenvalue weighted by Crippen LogP contribution is 2.29. The Bertz CT molecular complexity index is 602. The zero-order chi connectivity index (χ0) is 15.4. The van der Waals surface area contributed by atoms with E-state index in [2.05, 4.69) is 20.3 Å². The van der Waals surface area contributed by atoms with E-state index in [9.17, 15) is 5.11 Å². The van der Waals surface area contributed by atoms with Crippen molar-refractivity contribution in [1.82, 2.24) is 20.3 Å². The second kappa shape index (κ2) is 6.46. The number of likely N-dealkylation sites (tertiary alicyclic amines) is 1. The van der Waals surface area contributed by atoms with Gasteiger partial charge in [-0.05, 0) is 37.9 Å². The lowest BCUT2D eigenvalue weighted by atomic mass is 9.90. The predicted molar refractivity (Wildman–Crippen MR) is 82.6 cm³/mol. The van der Waals surface area contributed by atoms with Gasteiger partial charge in [-0.15, -0.1) is 0 Å². The maximum Gasteiger partial charge on any atom is 0.123 e. The Morgan fingerprint density at radius 1 is 1.41 bits per heavy atom. The van der Waals surface area contributed by atoms with Gasteiger partial charge < -0.3 is 9.84 Å². The van der Waals surface area contributed by atoms with Crippen LogP contribution in [0.2, 0.25) is 0 Å². The number of ether oxygens (including phenoxy) is 1.